The summed E-state index contributed by atoms with van der Waals surface area (Å²) >= 11 is 0. The van der Waals surface area contributed by atoms with Gasteiger partial charge in [0.2, 0.25) is 0 Å². The molecule has 0 heterocycles. The highest BCUT2D eigenvalue weighted by molar-refractivity contribution is 5.73. The van der Waals surface area contributed by atoms with Crippen LogP contribution >= 0.6 is 0 Å². The summed E-state index contributed by atoms with van der Waals surface area (Å²) in [4.78, 5) is 30.7. The zero-order valence-corrected chi connectivity index (χ0v) is 11.4. The van der Waals surface area contributed by atoms with Gasteiger partial charge in [-0.1, -0.05) is 39.0 Å². The number of carbonyl (C=O) groups is 2. The molecule has 0 aromatic rings. The van der Waals surface area contributed by atoms with Crippen LogP contribution in [-0.2, 0) is 24.1 Å². The molecule has 18 heavy (non-hydrogen) atoms. The zero-order chi connectivity index (χ0) is 13.6. The number of hydrogen-bond acceptors (Lipinski definition) is 5. The third kappa shape index (κ3) is 11.4. The maximum Gasteiger partial charge on any atom is 0.380 e. The first-order valence-electron chi connectivity index (χ1n) is 6.68. The molecule has 0 saturated heterocycles. The predicted octanol–water partition coefficient (Wildman–Crippen LogP) is 2.77. The minimum absolute atomic E-state index is 0.194. The first kappa shape index (κ1) is 16.9. The maximum atomic E-state index is 11.2. The molecule has 0 unspecified atom stereocenters. The van der Waals surface area contributed by atoms with Crippen LogP contribution in [0.25, 0.3) is 0 Å². The van der Waals surface area contributed by atoms with Gasteiger partial charge < -0.3 is 4.74 Å². The Labute approximate surface area is 109 Å². The molecule has 0 amide bonds. The Morgan fingerprint density at radius 1 is 0.833 bits per heavy atom. The van der Waals surface area contributed by atoms with Crippen LogP contribution in [0, 0.1) is 0 Å². The number of hydrogen-bond donors (Lipinski definition) is 0. The third-order valence-corrected chi connectivity index (χ3v) is 2.39. The van der Waals surface area contributed by atoms with Gasteiger partial charge in [0.1, 0.15) is 6.61 Å². The number of unbranched alkanes of at least 4 members (excludes halogenated alkanes) is 5. The summed E-state index contributed by atoms with van der Waals surface area (Å²) < 4.78 is 4.80. The van der Waals surface area contributed by atoms with Gasteiger partial charge in [0.15, 0.2) is 0 Å². The van der Waals surface area contributed by atoms with Gasteiger partial charge in [-0.05, 0) is 13.3 Å². The lowest BCUT2D eigenvalue weighted by molar-refractivity contribution is -0.261. The summed E-state index contributed by atoms with van der Waals surface area (Å²) in [5.41, 5.74) is 0. The second-order valence-corrected chi connectivity index (χ2v) is 4.07. The van der Waals surface area contributed by atoms with Crippen LogP contribution in [0.3, 0.4) is 0 Å². The molecule has 0 bridgehead atoms. The van der Waals surface area contributed by atoms with E-state index < -0.39 is 11.9 Å². The Balaban J connectivity index is 3.34. The molecule has 0 aliphatic carbocycles. The van der Waals surface area contributed by atoms with Crippen molar-refractivity contribution in [3.8, 4) is 0 Å². The topological polar surface area (TPSA) is 61.8 Å². The standard InChI is InChI=1S/C13H24O5/c1-3-5-6-7-8-9-10-12(14)17-18-13(15)11-16-4-2/h3-11H2,1-2H3. The molecule has 0 rings (SSSR count). The monoisotopic (exact) mass is 260 g/mol. The Morgan fingerprint density at radius 3 is 2.11 bits per heavy atom. The second-order valence-electron chi connectivity index (χ2n) is 4.07. The van der Waals surface area contributed by atoms with Crippen LogP contribution in [-0.4, -0.2) is 25.2 Å². The molecule has 0 spiro atoms. The first-order valence-corrected chi connectivity index (χ1v) is 6.68. The van der Waals surface area contributed by atoms with Crippen LogP contribution in [0.5, 0.6) is 0 Å². The average Bonchev–Trinajstić information content (AvgIpc) is 2.38. The van der Waals surface area contributed by atoms with Gasteiger partial charge in [0.25, 0.3) is 0 Å². The molecule has 5 heteroatoms. The molecule has 0 radical (unpaired) electrons. The fourth-order valence-electron chi connectivity index (χ4n) is 1.39. The highest BCUT2D eigenvalue weighted by Gasteiger charge is 2.09. The van der Waals surface area contributed by atoms with E-state index in [1.54, 1.807) is 6.92 Å². The fourth-order valence-corrected chi connectivity index (χ4v) is 1.39. The highest BCUT2D eigenvalue weighted by atomic mass is 17.2. The Bertz CT molecular complexity index is 227. The molecule has 0 fully saturated rings. The van der Waals surface area contributed by atoms with Crippen molar-refractivity contribution < 1.29 is 24.1 Å². The summed E-state index contributed by atoms with van der Waals surface area (Å²) in [6.45, 7) is 4.15. The van der Waals surface area contributed by atoms with Crippen LogP contribution < -0.4 is 0 Å². The molecule has 5 nitrogen and oxygen atoms in total. The van der Waals surface area contributed by atoms with Gasteiger partial charge in [-0.2, -0.15) is 0 Å². The van der Waals surface area contributed by atoms with E-state index in [9.17, 15) is 9.59 Å². The van der Waals surface area contributed by atoms with E-state index in [0.717, 1.165) is 19.3 Å². The summed E-state index contributed by atoms with van der Waals surface area (Å²) in [7, 11) is 0. The number of rotatable bonds is 10. The van der Waals surface area contributed by atoms with Crippen molar-refractivity contribution in [1.29, 1.82) is 0 Å². The van der Waals surface area contributed by atoms with Crippen molar-refractivity contribution in [3.05, 3.63) is 0 Å². The van der Waals surface area contributed by atoms with Crippen molar-refractivity contribution in [3.63, 3.8) is 0 Å². The van der Waals surface area contributed by atoms with Crippen molar-refractivity contribution in [2.45, 2.75) is 58.8 Å². The average molecular weight is 260 g/mol. The summed E-state index contributed by atoms with van der Waals surface area (Å²) in [5, 5.41) is 0. The molecular formula is C13H24O5. The van der Waals surface area contributed by atoms with E-state index in [-0.39, 0.29) is 13.0 Å². The Kier molecular flexibility index (Phi) is 11.6. The quantitative estimate of drug-likeness (QED) is 0.343. The predicted molar refractivity (Wildman–Crippen MR) is 66.7 cm³/mol. The highest BCUT2D eigenvalue weighted by Crippen LogP contribution is 2.07. The van der Waals surface area contributed by atoms with Gasteiger partial charge in [0, 0.05) is 6.61 Å². The zero-order valence-electron chi connectivity index (χ0n) is 11.4. The Hall–Kier alpha value is -1.10. The van der Waals surface area contributed by atoms with E-state index in [0.29, 0.717) is 6.61 Å². The van der Waals surface area contributed by atoms with Gasteiger partial charge in [-0.25, -0.2) is 19.4 Å². The summed E-state index contributed by atoms with van der Waals surface area (Å²) in [5.74, 6) is -1.19. The smallest absolute Gasteiger partial charge is 0.370 e. The van der Waals surface area contributed by atoms with E-state index in [1.165, 1.54) is 19.3 Å². The van der Waals surface area contributed by atoms with Crippen molar-refractivity contribution >= 4 is 11.9 Å². The normalized spacial score (nSPS) is 10.1. The van der Waals surface area contributed by atoms with Crippen LogP contribution in [0.15, 0.2) is 0 Å². The van der Waals surface area contributed by atoms with Crippen molar-refractivity contribution in [2.24, 2.45) is 0 Å². The molecule has 0 aromatic heterocycles. The molecular weight excluding hydrogens is 236 g/mol. The van der Waals surface area contributed by atoms with E-state index in [1.807, 2.05) is 0 Å². The number of carbonyl (C=O) groups excluding carboxylic acids is 2. The molecule has 0 aliphatic heterocycles. The molecule has 0 N–H and O–H groups in total. The largest absolute Gasteiger partial charge is 0.380 e. The fraction of sp³-hybridized carbons (Fsp3) is 0.846. The SMILES string of the molecule is CCCCCCCCC(=O)OOC(=O)COCC. The van der Waals surface area contributed by atoms with Gasteiger partial charge >= 0.3 is 11.9 Å². The Morgan fingerprint density at radius 2 is 1.44 bits per heavy atom. The minimum Gasteiger partial charge on any atom is -0.370 e. The molecule has 0 atom stereocenters. The van der Waals surface area contributed by atoms with E-state index >= 15 is 0 Å². The van der Waals surface area contributed by atoms with Crippen molar-refractivity contribution in [1.82, 2.24) is 0 Å². The lowest BCUT2D eigenvalue weighted by Gasteiger charge is -2.03. The molecule has 0 aromatic carbocycles. The lowest BCUT2D eigenvalue weighted by atomic mass is 10.1. The first-order chi connectivity index (χ1) is 8.70. The van der Waals surface area contributed by atoms with Gasteiger partial charge in [-0.3, -0.25) is 0 Å². The van der Waals surface area contributed by atoms with Crippen LogP contribution in [0.2, 0.25) is 0 Å². The second kappa shape index (κ2) is 12.4. The van der Waals surface area contributed by atoms with Crippen LogP contribution in [0.1, 0.15) is 58.8 Å². The third-order valence-electron chi connectivity index (χ3n) is 2.39. The maximum absolute atomic E-state index is 11.2. The van der Waals surface area contributed by atoms with E-state index in [2.05, 4.69) is 16.7 Å². The van der Waals surface area contributed by atoms with Crippen molar-refractivity contribution in [2.75, 3.05) is 13.2 Å². The molecule has 106 valence electrons. The summed E-state index contributed by atoms with van der Waals surface area (Å²) in [6.07, 6.45) is 6.83. The molecule has 0 aliphatic rings. The number of ether oxygens (including phenoxy) is 1. The minimum atomic E-state index is -0.687. The molecule has 0 saturated carbocycles. The van der Waals surface area contributed by atoms with Crippen LogP contribution in [0.4, 0.5) is 0 Å². The van der Waals surface area contributed by atoms with Gasteiger partial charge in [-0.15, -0.1) is 0 Å². The summed E-state index contributed by atoms with van der Waals surface area (Å²) in [6, 6.07) is 0. The lowest BCUT2D eigenvalue weighted by Crippen LogP contribution is -2.16. The van der Waals surface area contributed by atoms with Gasteiger partial charge in [0.05, 0.1) is 6.42 Å². The van der Waals surface area contributed by atoms with E-state index in [4.69, 9.17) is 4.74 Å².